The summed E-state index contributed by atoms with van der Waals surface area (Å²) in [5, 5.41) is 37.5. The van der Waals surface area contributed by atoms with Crippen LogP contribution < -0.4 is 0 Å². The molecule has 2 heterocycles. The Morgan fingerprint density at radius 1 is 0.833 bits per heavy atom. The maximum absolute atomic E-state index is 12.2. The van der Waals surface area contributed by atoms with E-state index in [2.05, 4.69) is 25.6 Å². The molecule has 0 radical (unpaired) electrons. The SMILES string of the molecule is C.O=[N+]([O-])c1cccc(-n2nccn2)c1.O=[N+]([O-])c1cccc(F)c1.c1cn[nH]n1. The molecule has 4 rings (SSSR count). The van der Waals surface area contributed by atoms with Gasteiger partial charge in [0, 0.05) is 18.2 Å². The Labute approximate surface area is 169 Å². The van der Waals surface area contributed by atoms with E-state index in [0.717, 1.165) is 12.1 Å². The number of nitro groups is 2. The molecule has 0 saturated carbocycles. The molecule has 0 bridgehead atoms. The lowest BCUT2D eigenvalue weighted by molar-refractivity contribution is -0.385. The molecule has 0 saturated heterocycles. The molecule has 13 heteroatoms. The van der Waals surface area contributed by atoms with Crippen molar-refractivity contribution in [2.24, 2.45) is 0 Å². The molecule has 0 amide bonds. The number of benzene rings is 2. The Bertz CT molecular complexity index is 1020. The van der Waals surface area contributed by atoms with Crippen LogP contribution in [0, 0.1) is 26.0 Å². The average Bonchev–Trinajstić information content (AvgIpc) is 3.45. The van der Waals surface area contributed by atoms with Crippen LogP contribution in [0.1, 0.15) is 7.43 Å². The molecule has 0 unspecified atom stereocenters. The predicted octanol–water partition coefficient (Wildman–Crippen LogP) is 3.35. The summed E-state index contributed by atoms with van der Waals surface area (Å²) in [6.07, 6.45) is 6.19. The number of nitro benzene ring substituents is 2. The molecule has 1 N–H and O–H groups in total. The largest absolute Gasteiger partial charge is 0.272 e. The highest BCUT2D eigenvalue weighted by atomic mass is 19.1. The molecule has 0 aliphatic heterocycles. The highest BCUT2D eigenvalue weighted by molar-refractivity contribution is 5.41. The second-order valence-electron chi connectivity index (χ2n) is 4.99. The van der Waals surface area contributed by atoms with Gasteiger partial charge in [0.15, 0.2) is 0 Å². The zero-order valence-electron chi connectivity index (χ0n) is 14.6. The van der Waals surface area contributed by atoms with Crippen molar-refractivity contribution in [3.63, 3.8) is 0 Å². The van der Waals surface area contributed by atoms with Crippen LogP contribution in [0.4, 0.5) is 15.8 Å². The van der Waals surface area contributed by atoms with Gasteiger partial charge in [-0.2, -0.15) is 30.4 Å². The second kappa shape index (κ2) is 12.0. The fourth-order valence-electron chi connectivity index (χ4n) is 1.84. The number of hydrogen-bond acceptors (Lipinski definition) is 8. The molecule has 0 aliphatic rings. The smallest absolute Gasteiger partial charge is 0.258 e. The van der Waals surface area contributed by atoms with Gasteiger partial charge in [-0.25, -0.2) is 4.39 Å². The molecule has 30 heavy (non-hydrogen) atoms. The molecule has 0 spiro atoms. The van der Waals surface area contributed by atoms with E-state index in [9.17, 15) is 24.6 Å². The summed E-state index contributed by atoms with van der Waals surface area (Å²) in [5.41, 5.74) is 0.379. The molecule has 12 nitrogen and oxygen atoms in total. The van der Waals surface area contributed by atoms with Crippen molar-refractivity contribution in [2.75, 3.05) is 0 Å². The molecule has 2 aromatic heterocycles. The van der Waals surface area contributed by atoms with E-state index in [1.165, 1.54) is 41.5 Å². The van der Waals surface area contributed by atoms with E-state index in [1.807, 2.05) is 0 Å². The predicted molar refractivity (Wildman–Crippen MR) is 104 cm³/mol. The summed E-state index contributed by atoms with van der Waals surface area (Å²) >= 11 is 0. The second-order valence-corrected chi connectivity index (χ2v) is 4.99. The van der Waals surface area contributed by atoms with Crippen molar-refractivity contribution in [2.45, 2.75) is 7.43 Å². The van der Waals surface area contributed by atoms with Gasteiger partial charge >= 0.3 is 0 Å². The minimum atomic E-state index is -0.636. The number of non-ortho nitro benzene ring substituents is 2. The molecule has 0 aliphatic carbocycles. The van der Waals surface area contributed by atoms with Gasteiger partial charge in [-0.05, 0) is 12.1 Å². The molecule has 4 aromatic rings. The van der Waals surface area contributed by atoms with Gasteiger partial charge in [0.1, 0.15) is 5.82 Å². The first kappa shape index (κ1) is 23.5. The summed E-state index contributed by atoms with van der Waals surface area (Å²) in [6.45, 7) is 0. The number of aromatic amines is 1. The van der Waals surface area contributed by atoms with Gasteiger partial charge in [0.25, 0.3) is 11.4 Å². The summed E-state index contributed by atoms with van der Waals surface area (Å²) < 4.78 is 12.2. The number of nitrogens with zero attached hydrogens (tertiary/aromatic N) is 7. The third kappa shape index (κ3) is 7.59. The first-order valence-corrected chi connectivity index (χ1v) is 7.78. The van der Waals surface area contributed by atoms with E-state index in [-0.39, 0.29) is 18.8 Å². The van der Waals surface area contributed by atoms with Crippen molar-refractivity contribution < 1.29 is 14.2 Å². The minimum Gasteiger partial charge on any atom is -0.258 e. The number of hydrogen-bond donors (Lipinski definition) is 1. The monoisotopic (exact) mass is 416 g/mol. The van der Waals surface area contributed by atoms with Crippen LogP contribution in [0.15, 0.2) is 73.3 Å². The van der Waals surface area contributed by atoms with E-state index < -0.39 is 15.7 Å². The molecular formula is C17H17FN8O4. The van der Waals surface area contributed by atoms with Gasteiger partial charge < -0.3 is 0 Å². The van der Waals surface area contributed by atoms with E-state index in [1.54, 1.807) is 24.5 Å². The summed E-state index contributed by atoms with van der Waals surface area (Å²) in [6, 6.07) is 10.7. The van der Waals surface area contributed by atoms with E-state index >= 15 is 0 Å². The lowest BCUT2D eigenvalue weighted by Gasteiger charge is -1.97. The molecule has 156 valence electrons. The zero-order chi connectivity index (χ0) is 21.1. The first-order chi connectivity index (χ1) is 14.0. The number of aromatic nitrogens is 6. The van der Waals surface area contributed by atoms with Gasteiger partial charge in [0.05, 0.1) is 46.4 Å². The van der Waals surface area contributed by atoms with Gasteiger partial charge in [0.2, 0.25) is 0 Å². The van der Waals surface area contributed by atoms with E-state index in [4.69, 9.17) is 0 Å². The van der Waals surface area contributed by atoms with Crippen molar-refractivity contribution >= 4 is 11.4 Å². The lowest BCUT2D eigenvalue weighted by atomic mass is 10.3. The Kier molecular flexibility index (Phi) is 9.41. The maximum Gasteiger partial charge on any atom is 0.272 e. The van der Waals surface area contributed by atoms with Crippen molar-refractivity contribution in [1.82, 2.24) is 30.4 Å². The van der Waals surface area contributed by atoms with Crippen LogP contribution in [0.25, 0.3) is 5.69 Å². The molecule has 2 aromatic carbocycles. The van der Waals surface area contributed by atoms with Crippen molar-refractivity contribution in [3.05, 3.63) is 99.4 Å². The Morgan fingerprint density at radius 3 is 1.80 bits per heavy atom. The van der Waals surface area contributed by atoms with Gasteiger partial charge in [-0.15, -0.1) is 0 Å². The van der Waals surface area contributed by atoms with Crippen LogP contribution >= 0.6 is 0 Å². The van der Waals surface area contributed by atoms with Gasteiger partial charge in [-0.1, -0.05) is 19.6 Å². The van der Waals surface area contributed by atoms with Crippen LogP contribution in [0.3, 0.4) is 0 Å². The fraction of sp³-hybridized carbons (Fsp3) is 0.0588. The normalized spacial score (nSPS) is 9.10. The van der Waals surface area contributed by atoms with E-state index in [0.29, 0.717) is 5.69 Å². The summed E-state index contributed by atoms with van der Waals surface area (Å²) in [7, 11) is 0. The number of nitrogens with one attached hydrogen (secondary N) is 1. The highest BCUT2D eigenvalue weighted by Gasteiger charge is 2.07. The van der Waals surface area contributed by atoms with Crippen LogP contribution in [0.5, 0.6) is 0 Å². The standard InChI is InChI=1S/C8H6N4O2.C6H4FNO2.C2H3N3.CH4/c13-12(14)8-3-1-2-7(6-8)11-9-4-5-10-11;7-5-2-1-3-6(4-5)8(9)10;1-2-4-5-3-1;/h1-6H;1-4H;1-2H,(H,3,4,5);1H4. The third-order valence-corrected chi connectivity index (χ3v) is 3.04. The Hall–Kier alpha value is -4.55. The van der Waals surface area contributed by atoms with Crippen LogP contribution in [-0.2, 0) is 0 Å². The summed E-state index contributed by atoms with van der Waals surface area (Å²) in [5.74, 6) is -0.589. The van der Waals surface area contributed by atoms with Crippen molar-refractivity contribution in [3.8, 4) is 5.69 Å². The van der Waals surface area contributed by atoms with Crippen LogP contribution in [0.2, 0.25) is 0 Å². The topological polar surface area (TPSA) is 159 Å². The molecule has 0 atom stereocenters. The van der Waals surface area contributed by atoms with Crippen molar-refractivity contribution in [1.29, 1.82) is 0 Å². The van der Waals surface area contributed by atoms with Gasteiger partial charge in [-0.3, -0.25) is 20.2 Å². The molecular weight excluding hydrogens is 399 g/mol. The summed E-state index contributed by atoms with van der Waals surface area (Å²) in [4.78, 5) is 20.7. The third-order valence-electron chi connectivity index (χ3n) is 3.04. The number of rotatable bonds is 3. The Balaban J connectivity index is 0.000000246. The first-order valence-electron chi connectivity index (χ1n) is 7.78. The number of H-pyrrole nitrogens is 1. The minimum absolute atomic E-state index is 0. The fourth-order valence-corrected chi connectivity index (χ4v) is 1.84. The lowest BCUT2D eigenvalue weighted by Crippen LogP contribution is -1.99. The highest BCUT2D eigenvalue weighted by Crippen LogP contribution is 2.14. The number of halogens is 1. The zero-order valence-corrected chi connectivity index (χ0v) is 14.6. The molecule has 0 fully saturated rings. The average molecular weight is 416 g/mol. The maximum atomic E-state index is 12.2. The van der Waals surface area contributed by atoms with Crippen LogP contribution in [-0.4, -0.2) is 40.3 Å². The quantitative estimate of drug-likeness (QED) is 0.393. The Morgan fingerprint density at radius 2 is 1.37 bits per heavy atom.